The van der Waals surface area contributed by atoms with Crippen LogP contribution in [-0.2, 0) is 9.59 Å². The third kappa shape index (κ3) is 4.78. The van der Waals surface area contributed by atoms with E-state index in [9.17, 15) is 14.7 Å². The van der Waals surface area contributed by atoms with Crippen molar-refractivity contribution < 1.29 is 14.7 Å². The highest BCUT2D eigenvalue weighted by molar-refractivity contribution is 5.81. The van der Waals surface area contributed by atoms with Gasteiger partial charge in [-0.25, -0.2) is 0 Å². The molecule has 2 amide bonds. The summed E-state index contributed by atoms with van der Waals surface area (Å²) in [6.45, 7) is 9.37. The molecule has 1 aliphatic heterocycles. The average molecular weight is 284 g/mol. The molecule has 0 bridgehead atoms. The molecule has 1 fully saturated rings. The molecule has 5 heteroatoms. The van der Waals surface area contributed by atoms with E-state index in [1.54, 1.807) is 23.6 Å². The molecule has 20 heavy (non-hydrogen) atoms. The molecule has 0 saturated carbocycles. The molecular formula is C15H28N2O3. The summed E-state index contributed by atoms with van der Waals surface area (Å²) >= 11 is 0. The number of amides is 2. The standard InChI is InChI=1S/C15H28N2O3/c1-5-13(18)17-9-7-8-12(10-17)14(19)16(6-2)11-15(3,4)20/h12,20H,5-11H2,1-4H3. The highest BCUT2D eigenvalue weighted by atomic mass is 16.3. The normalized spacial score (nSPS) is 19.9. The first-order valence-electron chi connectivity index (χ1n) is 7.57. The lowest BCUT2D eigenvalue weighted by Gasteiger charge is -2.36. The molecule has 1 saturated heterocycles. The number of rotatable bonds is 5. The fourth-order valence-corrected chi connectivity index (χ4v) is 2.70. The van der Waals surface area contributed by atoms with Crippen molar-refractivity contribution in [2.24, 2.45) is 5.92 Å². The van der Waals surface area contributed by atoms with Gasteiger partial charge in [-0.2, -0.15) is 0 Å². The second kappa shape index (κ2) is 7.07. The topological polar surface area (TPSA) is 60.9 Å². The first-order valence-corrected chi connectivity index (χ1v) is 7.57. The van der Waals surface area contributed by atoms with Crippen LogP contribution in [0.25, 0.3) is 0 Å². The summed E-state index contributed by atoms with van der Waals surface area (Å²) in [7, 11) is 0. The number of hydrogen-bond acceptors (Lipinski definition) is 3. The molecule has 0 radical (unpaired) electrons. The molecule has 1 atom stereocenters. The first-order chi connectivity index (χ1) is 9.28. The molecule has 0 spiro atoms. The van der Waals surface area contributed by atoms with Gasteiger partial charge in [0, 0.05) is 32.6 Å². The molecule has 1 N–H and O–H groups in total. The maximum atomic E-state index is 12.5. The van der Waals surface area contributed by atoms with Gasteiger partial charge in [0.05, 0.1) is 11.5 Å². The van der Waals surface area contributed by atoms with Crippen molar-refractivity contribution in [3.63, 3.8) is 0 Å². The van der Waals surface area contributed by atoms with Crippen molar-refractivity contribution >= 4 is 11.8 Å². The van der Waals surface area contributed by atoms with Gasteiger partial charge in [0.25, 0.3) is 0 Å². The van der Waals surface area contributed by atoms with Gasteiger partial charge in [-0.15, -0.1) is 0 Å². The van der Waals surface area contributed by atoms with Crippen LogP contribution in [0.15, 0.2) is 0 Å². The maximum Gasteiger partial charge on any atom is 0.227 e. The van der Waals surface area contributed by atoms with E-state index >= 15 is 0 Å². The largest absolute Gasteiger partial charge is 0.389 e. The lowest BCUT2D eigenvalue weighted by molar-refractivity contribution is -0.142. The second-order valence-electron chi connectivity index (χ2n) is 6.20. The molecule has 1 heterocycles. The summed E-state index contributed by atoms with van der Waals surface area (Å²) < 4.78 is 0. The molecule has 5 nitrogen and oxygen atoms in total. The van der Waals surface area contributed by atoms with Crippen molar-refractivity contribution in [2.75, 3.05) is 26.2 Å². The Hall–Kier alpha value is -1.10. The van der Waals surface area contributed by atoms with Crippen molar-refractivity contribution in [3.05, 3.63) is 0 Å². The van der Waals surface area contributed by atoms with E-state index in [1.165, 1.54) is 0 Å². The van der Waals surface area contributed by atoms with Crippen LogP contribution in [0.3, 0.4) is 0 Å². The zero-order valence-electron chi connectivity index (χ0n) is 13.2. The lowest BCUT2D eigenvalue weighted by atomic mass is 9.95. The summed E-state index contributed by atoms with van der Waals surface area (Å²) in [5, 5.41) is 9.89. The van der Waals surface area contributed by atoms with E-state index in [2.05, 4.69) is 0 Å². The second-order valence-corrected chi connectivity index (χ2v) is 6.20. The van der Waals surface area contributed by atoms with Crippen molar-refractivity contribution in [1.29, 1.82) is 0 Å². The number of likely N-dealkylation sites (N-methyl/N-ethyl adjacent to an activating group) is 1. The van der Waals surface area contributed by atoms with Crippen LogP contribution in [0.5, 0.6) is 0 Å². The zero-order chi connectivity index (χ0) is 15.3. The number of piperidine rings is 1. The van der Waals surface area contributed by atoms with Gasteiger partial charge >= 0.3 is 0 Å². The Labute approximate surface area is 121 Å². The Bertz CT molecular complexity index is 350. The Morgan fingerprint density at radius 2 is 2.00 bits per heavy atom. The van der Waals surface area contributed by atoms with Gasteiger partial charge in [0.1, 0.15) is 0 Å². The van der Waals surface area contributed by atoms with Crippen LogP contribution < -0.4 is 0 Å². The van der Waals surface area contributed by atoms with Gasteiger partial charge in [0.2, 0.25) is 11.8 Å². The van der Waals surface area contributed by atoms with Crippen LogP contribution in [0.1, 0.15) is 47.0 Å². The quantitative estimate of drug-likeness (QED) is 0.826. The van der Waals surface area contributed by atoms with E-state index in [0.717, 1.165) is 19.4 Å². The van der Waals surface area contributed by atoms with E-state index in [-0.39, 0.29) is 17.7 Å². The smallest absolute Gasteiger partial charge is 0.227 e. The van der Waals surface area contributed by atoms with Gasteiger partial charge in [-0.3, -0.25) is 9.59 Å². The highest BCUT2D eigenvalue weighted by Crippen LogP contribution is 2.20. The van der Waals surface area contributed by atoms with Gasteiger partial charge in [-0.1, -0.05) is 6.92 Å². The number of carbonyl (C=O) groups is 2. The molecule has 0 aliphatic carbocycles. The number of aliphatic hydroxyl groups is 1. The van der Waals surface area contributed by atoms with Crippen LogP contribution in [-0.4, -0.2) is 58.5 Å². The summed E-state index contributed by atoms with van der Waals surface area (Å²) in [6.07, 6.45) is 2.19. The monoisotopic (exact) mass is 284 g/mol. The third-order valence-electron chi connectivity index (χ3n) is 3.70. The summed E-state index contributed by atoms with van der Waals surface area (Å²) in [5.74, 6) is 0.0535. The van der Waals surface area contributed by atoms with E-state index in [0.29, 0.717) is 26.1 Å². The zero-order valence-corrected chi connectivity index (χ0v) is 13.2. The highest BCUT2D eigenvalue weighted by Gasteiger charge is 2.31. The molecular weight excluding hydrogens is 256 g/mol. The Balaban J connectivity index is 2.67. The molecule has 1 aliphatic rings. The van der Waals surface area contributed by atoms with E-state index in [4.69, 9.17) is 0 Å². The van der Waals surface area contributed by atoms with E-state index in [1.807, 2.05) is 13.8 Å². The van der Waals surface area contributed by atoms with Gasteiger partial charge in [0.15, 0.2) is 0 Å². The minimum absolute atomic E-state index is 0.0585. The molecule has 1 rings (SSSR count). The van der Waals surface area contributed by atoms with Gasteiger partial charge in [-0.05, 0) is 33.6 Å². The van der Waals surface area contributed by atoms with Crippen LogP contribution in [0, 0.1) is 5.92 Å². The Morgan fingerprint density at radius 3 is 2.50 bits per heavy atom. The minimum Gasteiger partial charge on any atom is -0.389 e. The van der Waals surface area contributed by atoms with Crippen molar-refractivity contribution in [2.45, 2.75) is 52.6 Å². The average Bonchev–Trinajstić information content (AvgIpc) is 2.42. The lowest BCUT2D eigenvalue weighted by Crippen LogP contribution is -2.49. The maximum absolute atomic E-state index is 12.5. The summed E-state index contributed by atoms with van der Waals surface area (Å²) in [5.41, 5.74) is -0.890. The number of hydrogen-bond donors (Lipinski definition) is 1. The first kappa shape index (κ1) is 17.0. The van der Waals surface area contributed by atoms with Crippen LogP contribution in [0.4, 0.5) is 0 Å². The number of nitrogens with zero attached hydrogens (tertiary/aromatic N) is 2. The predicted molar refractivity (Wildman–Crippen MR) is 78.1 cm³/mol. The Morgan fingerprint density at radius 1 is 1.35 bits per heavy atom. The van der Waals surface area contributed by atoms with E-state index < -0.39 is 5.60 Å². The third-order valence-corrected chi connectivity index (χ3v) is 3.70. The van der Waals surface area contributed by atoms with Crippen LogP contribution in [0.2, 0.25) is 0 Å². The fraction of sp³-hybridized carbons (Fsp3) is 0.867. The fourth-order valence-electron chi connectivity index (χ4n) is 2.70. The summed E-state index contributed by atoms with van der Waals surface area (Å²) in [6, 6.07) is 0. The Kier molecular flexibility index (Phi) is 5.99. The molecule has 0 aromatic rings. The van der Waals surface area contributed by atoms with Crippen molar-refractivity contribution in [1.82, 2.24) is 9.80 Å². The number of carbonyl (C=O) groups excluding carboxylic acids is 2. The number of likely N-dealkylation sites (tertiary alicyclic amines) is 1. The molecule has 0 aromatic heterocycles. The van der Waals surface area contributed by atoms with Crippen LogP contribution >= 0.6 is 0 Å². The van der Waals surface area contributed by atoms with Crippen molar-refractivity contribution in [3.8, 4) is 0 Å². The van der Waals surface area contributed by atoms with Gasteiger partial charge < -0.3 is 14.9 Å². The minimum atomic E-state index is -0.890. The SMILES string of the molecule is CCC(=O)N1CCCC(C(=O)N(CC)CC(C)(C)O)C1. The molecule has 116 valence electrons. The molecule has 0 aromatic carbocycles. The summed E-state index contributed by atoms with van der Waals surface area (Å²) in [4.78, 5) is 27.8. The molecule has 1 unspecified atom stereocenters. The predicted octanol–water partition coefficient (Wildman–Crippen LogP) is 1.25.